The summed E-state index contributed by atoms with van der Waals surface area (Å²) in [5.74, 6) is -2.88. The van der Waals surface area contributed by atoms with E-state index >= 15 is 0 Å². The molecule has 5 rings (SSSR count). The zero-order valence-corrected chi connectivity index (χ0v) is 24.1. The Morgan fingerprint density at radius 1 is 1.13 bits per heavy atom. The maximum atomic E-state index is 13.2. The van der Waals surface area contributed by atoms with Crippen molar-refractivity contribution in [2.24, 2.45) is 5.92 Å². The van der Waals surface area contributed by atoms with Crippen LogP contribution in [0.25, 0.3) is 0 Å². The second-order valence-electron chi connectivity index (χ2n) is 11.1. The molecule has 2 aromatic rings. The number of hydrogen-bond donors (Lipinski definition) is 3. The molecule has 3 N–H and O–H groups in total. The van der Waals surface area contributed by atoms with Crippen LogP contribution in [0.15, 0.2) is 21.8 Å². The third-order valence-electron chi connectivity index (χ3n) is 8.20. The van der Waals surface area contributed by atoms with Crippen molar-refractivity contribution in [3.05, 3.63) is 49.9 Å². The number of aryl methyl sites for hydroxylation is 1. The van der Waals surface area contributed by atoms with Crippen LogP contribution in [0.4, 0.5) is 8.78 Å². The molecule has 1 atom stereocenters. The van der Waals surface area contributed by atoms with Gasteiger partial charge in [-0.1, -0.05) is 11.6 Å². The molecular weight excluding hydrogens is 548 g/mol. The number of carbonyl (C=O) groups excluding carboxylic acids is 1. The second-order valence-corrected chi connectivity index (χ2v) is 12.4. The summed E-state index contributed by atoms with van der Waals surface area (Å²) in [4.78, 5) is 29.2. The molecular formula is C28H34ClF2N3O4S. The number of nitrogens with one attached hydrogen (secondary N) is 3. The predicted molar refractivity (Wildman–Crippen MR) is 147 cm³/mol. The summed E-state index contributed by atoms with van der Waals surface area (Å²) in [6.45, 7) is 5.57. The average Bonchev–Trinajstić information content (AvgIpc) is 3.24. The van der Waals surface area contributed by atoms with Crippen LogP contribution in [0.1, 0.15) is 72.6 Å². The SMILES string of the molecule is CSc1cc(C)[nH]c(=O)c1CNC(=O)c1cc(Cl)c2c(c1C)O[C@](C)([C@H]1CC[C@@H](NC3CC(F)(F)C3)CC1)O2. The minimum absolute atomic E-state index is 0.0730. The van der Waals surface area contributed by atoms with Gasteiger partial charge in [-0.15, -0.1) is 11.8 Å². The third-order valence-corrected chi connectivity index (χ3v) is 9.28. The second kappa shape index (κ2) is 10.6. The van der Waals surface area contributed by atoms with Gasteiger partial charge in [-0.25, -0.2) is 8.78 Å². The van der Waals surface area contributed by atoms with E-state index in [1.807, 2.05) is 26.2 Å². The number of halogens is 3. The number of pyridine rings is 1. The van der Waals surface area contributed by atoms with Gasteiger partial charge in [0.2, 0.25) is 0 Å². The number of carbonyl (C=O) groups is 1. The van der Waals surface area contributed by atoms with Crippen molar-refractivity contribution >= 4 is 29.3 Å². The molecule has 2 saturated carbocycles. The number of benzene rings is 1. The molecule has 0 spiro atoms. The van der Waals surface area contributed by atoms with E-state index in [1.165, 1.54) is 11.8 Å². The Morgan fingerprint density at radius 2 is 1.79 bits per heavy atom. The molecule has 2 fully saturated rings. The van der Waals surface area contributed by atoms with Gasteiger partial charge in [0.1, 0.15) is 0 Å². The fraction of sp³-hybridized carbons (Fsp3) is 0.571. The monoisotopic (exact) mass is 581 g/mol. The van der Waals surface area contributed by atoms with E-state index in [0.29, 0.717) is 28.2 Å². The predicted octanol–water partition coefficient (Wildman–Crippen LogP) is 5.73. The molecule has 1 amide bonds. The normalized spacial score (nSPS) is 25.8. The molecule has 0 bridgehead atoms. The zero-order valence-electron chi connectivity index (χ0n) is 22.5. The van der Waals surface area contributed by atoms with E-state index in [-0.39, 0.29) is 53.9 Å². The summed E-state index contributed by atoms with van der Waals surface area (Å²) >= 11 is 8.03. The van der Waals surface area contributed by atoms with Crippen LogP contribution in [0, 0.1) is 19.8 Å². The van der Waals surface area contributed by atoms with Crippen molar-refractivity contribution in [1.29, 1.82) is 0 Å². The van der Waals surface area contributed by atoms with E-state index in [9.17, 15) is 18.4 Å². The first-order valence-corrected chi connectivity index (χ1v) is 14.9. The van der Waals surface area contributed by atoms with E-state index < -0.39 is 11.7 Å². The lowest BCUT2D eigenvalue weighted by atomic mass is 9.79. The molecule has 1 aliphatic heterocycles. The minimum Gasteiger partial charge on any atom is -0.448 e. The summed E-state index contributed by atoms with van der Waals surface area (Å²) in [5, 5.41) is 6.51. The highest BCUT2D eigenvalue weighted by atomic mass is 35.5. The molecule has 0 radical (unpaired) electrons. The van der Waals surface area contributed by atoms with Gasteiger partial charge >= 0.3 is 0 Å². The molecule has 0 saturated heterocycles. The fourth-order valence-corrected chi connectivity index (χ4v) is 6.88. The number of fused-ring (bicyclic) bond motifs is 1. The van der Waals surface area contributed by atoms with Crippen LogP contribution >= 0.6 is 23.4 Å². The molecule has 3 aliphatic rings. The first-order chi connectivity index (χ1) is 18.4. The Kier molecular flexibility index (Phi) is 7.67. The largest absolute Gasteiger partial charge is 0.448 e. The highest BCUT2D eigenvalue weighted by Gasteiger charge is 2.49. The first kappa shape index (κ1) is 28.2. The number of hydrogen-bond acceptors (Lipinski definition) is 6. The highest BCUT2D eigenvalue weighted by molar-refractivity contribution is 7.98. The Bertz CT molecular complexity index is 1340. The van der Waals surface area contributed by atoms with Crippen LogP contribution in [-0.2, 0) is 6.54 Å². The summed E-state index contributed by atoms with van der Waals surface area (Å²) in [7, 11) is 0. The standard InChI is InChI=1S/C28H34ClF2N3O4S/c1-14-9-22(39-4)20(26(36)33-14)13-32-25(35)19-10-21(29)24-23(15(19)2)37-27(3,38-24)16-5-7-17(8-6-16)34-18-11-28(30,31)12-18/h9-10,16-18,34H,5-8,11-13H2,1-4H3,(H,32,35)(H,33,36)/t16-,17+,27-/m0/s1. The van der Waals surface area contributed by atoms with Crippen LogP contribution < -0.4 is 25.7 Å². The number of thioether (sulfide) groups is 1. The summed E-state index contributed by atoms with van der Waals surface area (Å²) < 4.78 is 39.0. The molecule has 1 aromatic heterocycles. The quantitative estimate of drug-likeness (QED) is 0.362. The topological polar surface area (TPSA) is 92.5 Å². The molecule has 0 unspecified atom stereocenters. The smallest absolute Gasteiger partial charge is 0.254 e. The first-order valence-electron chi connectivity index (χ1n) is 13.3. The van der Waals surface area contributed by atoms with Gasteiger partial charge in [0, 0.05) is 71.6 Å². The number of ether oxygens (including phenoxy) is 2. The van der Waals surface area contributed by atoms with Crippen LogP contribution in [0.3, 0.4) is 0 Å². The number of amides is 1. The highest BCUT2D eigenvalue weighted by Crippen LogP contribution is 2.51. The van der Waals surface area contributed by atoms with Crippen molar-refractivity contribution in [1.82, 2.24) is 15.6 Å². The third kappa shape index (κ3) is 5.65. The molecule has 7 nitrogen and oxygen atoms in total. The summed E-state index contributed by atoms with van der Waals surface area (Å²) in [6.07, 6.45) is 5.05. The molecule has 2 aliphatic carbocycles. The van der Waals surface area contributed by atoms with E-state index in [1.54, 1.807) is 13.0 Å². The van der Waals surface area contributed by atoms with Gasteiger partial charge in [-0.3, -0.25) is 9.59 Å². The average molecular weight is 582 g/mol. The summed E-state index contributed by atoms with van der Waals surface area (Å²) in [5.41, 5.74) is 1.99. The van der Waals surface area contributed by atoms with Crippen molar-refractivity contribution in [2.45, 2.75) is 94.5 Å². The van der Waals surface area contributed by atoms with Crippen LogP contribution in [0.5, 0.6) is 11.5 Å². The van der Waals surface area contributed by atoms with Crippen molar-refractivity contribution in [2.75, 3.05) is 6.26 Å². The maximum absolute atomic E-state index is 13.2. The Labute approximate surface area is 235 Å². The molecule has 212 valence electrons. The van der Waals surface area contributed by atoms with Crippen molar-refractivity contribution in [3.63, 3.8) is 0 Å². The van der Waals surface area contributed by atoms with Crippen molar-refractivity contribution < 1.29 is 23.0 Å². The minimum atomic E-state index is -2.53. The number of aromatic amines is 1. The number of aromatic nitrogens is 1. The lowest BCUT2D eigenvalue weighted by Crippen LogP contribution is -2.53. The molecule has 11 heteroatoms. The number of alkyl halides is 2. The van der Waals surface area contributed by atoms with E-state index in [2.05, 4.69) is 15.6 Å². The Morgan fingerprint density at radius 3 is 2.44 bits per heavy atom. The van der Waals surface area contributed by atoms with Gasteiger partial charge in [0.05, 0.1) is 5.02 Å². The van der Waals surface area contributed by atoms with Gasteiger partial charge in [0.25, 0.3) is 23.2 Å². The van der Waals surface area contributed by atoms with Gasteiger partial charge in [-0.05, 0) is 57.9 Å². The van der Waals surface area contributed by atoms with Gasteiger partial charge < -0.3 is 25.1 Å². The zero-order chi connectivity index (χ0) is 28.1. The lowest BCUT2D eigenvalue weighted by Gasteiger charge is -2.41. The number of rotatable bonds is 7. The fourth-order valence-electron chi connectivity index (χ4n) is 5.94. The van der Waals surface area contributed by atoms with Gasteiger partial charge in [-0.2, -0.15) is 0 Å². The maximum Gasteiger partial charge on any atom is 0.254 e. The Hall–Kier alpha value is -2.30. The Balaban J connectivity index is 1.25. The van der Waals surface area contributed by atoms with E-state index in [0.717, 1.165) is 36.3 Å². The number of H-pyrrole nitrogens is 1. The van der Waals surface area contributed by atoms with Crippen LogP contribution in [0.2, 0.25) is 5.02 Å². The van der Waals surface area contributed by atoms with Gasteiger partial charge in [0.15, 0.2) is 11.5 Å². The van der Waals surface area contributed by atoms with Crippen molar-refractivity contribution in [3.8, 4) is 11.5 Å². The van der Waals surface area contributed by atoms with Crippen LogP contribution in [-0.4, -0.2) is 40.9 Å². The molecule has 39 heavy (non-hydrogen) atoms. The molecule has 2 heterocycles. The summed E-state index contributed by atoms with van der Waals surface area (Å²) in [6, 6.07) is 3.56. The molecule has 1 aromatic carbocycles. The van der Waals surface area contributed by atoms with E-state index in [4.69, 9.17) is 21.1 Å². The lowest BCUT2D eigenvalue weighted by molar-refractivity contribution is -0.123.